The van der Waals surface area contributed by atoms with Gasteiger partial charge in [0.2, 0.25) is 0 Å². The van der Waals surface area contributed by atoms with Crippen molar-refractivity contribution in [3.05, 3.63) is 35.4 Å². The largest absolute Gasteiger partial charge is 0.389 e. The Hall–Kier alpha value is -1.43. The van der Waals surface area contributed by atoms with E-state index in [4.69, 9.17) is 10.5 Å². The van der Waals surface area contributed by atoms with E-state index < -0.39 is 6.10 Å². The lowest BCUT2D eigenvalue weighted by Crippen LogP contribution is -2.34. The van der Waals surface area contributed by atoms with Crippen LogP contribution in [0.1, 0.15) is 15.9 Å². The van der Waals surface area contributed by atoms with Crippen molar-refractivity contribution in [1.29, 1.82) is 0 Å². The lowest BCUT2D eigenvalue weighted by Gasteiger charge is -2.11. The van der Waals surface area contributed by atoms with Crippen LogP contribution in [0.2, 0.25) is 0 Å². The Morgan fingerprint density at radius 3 is 2.67 bits per heavy atom. The number of benzene rings is 1. The molecule has 0 aliphatic rings. The number of aliphatic hydroxyl groups is 1. The highest BCUT2D eigenvalue weighted by atomic mass is 16.5. The Labute approximate surface area is 107 Å². The number of carbonyl (C=O) groups excluding carboxylic acids is 1. The number of nitrogens with two attached hydrogens (primary N) is 1. The fourth-order valence-corrected chi connectivity index (χ4v) is 1.55. The molecule has 5 nitrogen and oxygen atoms in total. The van der Waals surface area contributed by atoms with E-state index in [1.807, 2.05) is 12.1 Å². The average Bonchev–Trinajstić information content (AvgIpc) is 2.37. The third-order valence-corrected chi connectivity index (χ3v) is 2.51. The summed E-state index contributed by atoms with van der Waals surface area (Å²) in [6.45, 7) is 0.974. The fraction of sp³-hybridized carbons (Fsp3) is 0.462. The van der Waals surface area contributed by atoms with Gasteiger partial charge in [0.05, 0.1) is 12.7 Å². The minimum Gasteiger partial charge on any atom is -0.389 e. The first-order valence-corrected chi connectivity index (χ1v) is 5.91. The minimum atomic E-state index is -0.685. The number of nitrogens with one attached hydrogen (secondary N) is 1. The summed E-state index contributed by atoms with van der Waals surface area (Å²) in [6, 6.07) is 7.27. The van der Waals surface area contributed by atoms with Gasteiger partial charge in [0, 0.05) is 19.2 Å². The van der Waals surface area contributed by atoms with Crippen LogP contribution in [0.15, 0.2) is 24.3 Å². The van der Waals surface area contributed by atoms with E-state index in [1.54, 1.807) is 12.1 Å². The predicted molar refractivity (Wildman–Crippen MR) is 69.4 cm³/mol. The molecule has 100 valence electrons. The Bertz CT molecular complexity index is 365. The van der Waals surface area contributed by atoms with Crippen LogP contribution in [0.5, 0.6) is 0 Å². The van der Waals surface area contributed by atoms with E-state index in [-0.39, 0.29) is 19.1 Å². The topological polar surface area (TPSA) is 84.6 Å². The van der Waals surface area contributed by atoms with Crippen molar-refractivity contribution in [2.24, 2.45) is 5.73 Å². The molecule has 18 heavy (non-hydrogen) atoms. The number of hydrogen-bond donors (Lipinski definition) is 3. The quantitative estimate of drug-likeness (QED) is 0.634. The van der Waals surface area contributed by atoms with Crippen molar-refractivity contribution in [3.8, 4) is 0 Å². The van der Waals surface area contributed by atoms with Crippen LogP contribution < -0.4 is 11.1 Å². The number of rotatable bonds is 7. The zero-order valence-electron chi connectivity index (χ0n) is 10.6. The van der Waals surface area contributed by atoms with Crippen LogP contribution in [-0.4, -0.2) is 43.9 Å². The molecule has 0 aliphatic heterocycles. The maximum absolute atomic E-state index is 11.7. The van der Waals surface area contributed by atoms with Gasteiger partial charge in [-0.15, -0.1) is 0 Å². The molecule has 0 saturated heterocycles. The van der Waals surface area contributed by atoms with Crippen molar-refractivity contribution < 1.29 is 14.6 Å². The standard InChI is InChI=1S/C13H20N2O3/c1-18-9-12(16)8-15-13(17)11-4-2-10(3-5-11)6-7-14/h2-5,12,16H,6-9,14H2,1H3,(H,15,17). The van der Waals surface area contributed by atoms with Gasteiger partial charge in [0.15, 0.2) is 0 Å². The van der Waals surface area contributed by atoms with Gasteiger partial charge in [-0.05, 0) is 30.7 Å². The van der Waals surface area contributed by atoms with Crippen LogP contribution >= 0.6 is 0 Å². The van der Waals surface area contributed by atoms with Crippen LogP contribution in [0, 0.1) is 0 Å². The molecule has 1 unspecified atom stereocenters. The smallest absolute Gasteiger partial charge is 0.251 e. The summed E-state index contributed by atoms with van der Waals surface area (Å²) in [7, 11) is 1.50. The highest BCUT2D eigenvalue weighted by molar-refractivity contribution is 5.94. The first-order chi connectivity index (χ1) is 8.67. The van der Waals surface area contributed by atoms with Gasteiger partial charge in [0.25, 0.3) is 5.91 Å². The number of carbonyl (C=O) groups is 1. The van der Waals surface area contributed by atoms with Crippen molar-refractivity contribution >= 4 is 5.91 Å². The van der Waals surface area contributed by atoms with Crippen molar-refractivity contribution in [1.82, 2.24) is 5.32 Å². The molecular weight excluding hydrogens is 232 g/mol. The van der Waals surface area contributed by atoms with Crippen LogP contribution in [0.4, 0.5) is 0 Å². The van der Waals surface area contributed by atoms with Gasteiger partial charge in [-0.1, -0.05) is 12.1 Å². The Morgan fingerprint density at radius 1 is 1.44 bits per heavy atom. The van der Waals surface area contributed by atoms with Crippen LogP contribution in [0.25, 0.3) is 0 Å². The summed E-state index contributed by atoms with van der Waals surface area (Å²) in [6.07, 6.45) is 0.115. The van der Waals surface area contributed by atoms with Crippen molar-refractivity contribution in [3.63, 3.8) is 0 Å². The molecule has 0 fully saturated rings. The molecule has 0 aromatic heterocycles. The number of aliphatic hydroxyl groups excluding tert-OH is 1. The normalized spacial score (nSPS) is 12.2. The summed E-state index contributed by atoms with van der Waals surface area (Å²) in [5, 5.41) is 12.0. The second kappa shape index (κ2) is 7.81. The van der Waals surface area contributed by atoms with Gasteiger partial charge >= 0.3 is 0 Å². The van der Waals surface area contributed by atoms with Gasteiger partial charge in [-0.25, -0.2) is 0 Å². The summed E-state index contributed by atoms with van der Waals surface area (Å²) < 4.78 is 4.77. The molecule has 0 radical (unpaired) electrons. The molecule has 1 aromatic carbocycles. The first-order valence-electron chi connectivity index (χ1n) is 5.91. The number of ether oxygens (including phenoxy) is 1. The maximum Gasteiger partial charge on any atom is 0.251 e. The zero-order valence-corrected chi connectivity index (χ0v) is 10.6. The van der Waals surface area contributed by atoms with Gasteiger partial charge in [0.1, 0.15) is 0 Å². The maximum atomic E-state index is 11.7. The minimum absolute atomic E-state index is 0.178. The van der Waals surface area contributed by atoms with Gasteiger partial charge in [-0.2, -0.15) is 0 Å². The third kappa shape index (κ3) is 4.83. The van der Waals surface area contributed by atoms with Crippen molar-refractivity contribution in [2.75, 3.05) is 26.8 Å². The number of amides is 1. The summed E-state index contributed by atoms with van der Waals surface area (Å²) >= 11 is 0. The highest BCUT2D eigenvalue weighted by Crippen LogP contribution is 2.04. The SMILES string of the molecule is COCC(O)CNC(=O)c1ccc(CCN)cc1. The zero-order chi connectivity index (χ0) is 13.4. The molecular formula is C13H20N2O3. The molecule has 1 rings (SSSR count). The average molecular weight is 252 g/mol. The fourth-order valence-electron chi connectivity index (χ4n) is 1.55. The highest BCUT2D eigenvalue weighted by Gasteiger charge is 2.08. The molecule has 0 aliphatic carbocycles. The summed E-state index contributed by atoms with van der Waals surface area (Å²) in [4.78, 5) is 11.7. The molecule has 0 heterocycles. The monoisotopic (exact) mass is 252 g/mol. The number of methoxy groups -OCH3 is 1. The molecule has 1 amide bonds. The first kappa shape index (κ1) is 14.6. The van der Waals surface area contributed by atoms with E-state index in [0.717, 1.165) is 12.0 Å². The molecule has 1 aromatic rings. The lowest BCUT2D eigenvalue weighted by molar-refractivity contribution is 0.0610. The Kier molecular flexibility index (Phi) is 6.35. The van der Waals surface area contributed by atoms with Gasteiger partial charge in [-0.3, -0.25) is 4.79 Å². The molecule has 0 bridgehead atoms. The Morgan fingerprint density at radius 2 is 2.11 bits per heavy atom. The summed E-state index contributed by atoms with van der Waals surface area (Å²) in [5.74, 6) is -0.204. The molecule has 5 heteroatoms. The molecule has 4 N–H and O–H groups in total. The van der Waals surface area contributed by atoms with E-state index in [2.05, 4.69) is 5.32 Å². The Balaban J connectivity index is 2.46. The van der Waals surface area contributed by atoms with E-state index in [9.17, 15) is 9.90 Å². The lowest BCUT2D eigenvalue weighted by atomic mass is 10.1. The predicted octanol–water partition coefficient (Wildman–Crippen LogP) is -0.0751. The molecule has 0 saturated carbocycles. The van der Waals surface area contributed by atoms with Crippen molar-refractivity contribution in [2.45, 2.75) is 12.5 Å². The molecule has 0 spiro atoms. The van der Waals surface area contributed by atoms with E-state index >= 15 is 0 Å². The van der Waals surface area contributed by atoms with Crippen LogP contribution in [0.3, 0.4) is 0 Å². The second-order valence-electron chi connectivity index (χ2n) is 4.05. The third-order valence-electron chi connectivity index (χ3n) is 2.51. The van der Waals surface area contributed by atoms with E-state index in [0.29, 0.717) is 12.1 Å². The van der Waals surface area contributed by atoms with E-state index in [1.165, 1.54) is 7.11 Å². The van der Waals surface area contributed by atoms with Crippen LogP contribution in [-0.2, 0) is 11.2 Å². The second-order valence-corrected chi connectivity index (χ2v) is 4.05. The number of hydrogen-bond acceptors (Lipinski definition) is 4. The summed E-state index contributed by atoms with van der Waals surface area (Å²) in [5.41, 5.74) is 7.12. The van der Waals surface area contributed by atoms with Gasteiger partial charge < -0.3 is 20.9 Å². The molecule has 1 atom stereocenters.